The fourth-order valence-electron chi connectivity index (χ4n) is 0.714. The maximum absolute atomic E-state index is 10.3. The normalized spacial score (nSPS) is 9.40. The standard InChI is InChI=1S/C6H8O7.Ca.H4Si.2H/c7-3(8)1-6(13,5(11)12)2-4(9)10;;;;/h13H,1-2H2,(H,7,8)(H,9,10)(H,11,12);;1H4;;. The van der Waals surface area contributed by atoms with Crippen LogP contribution in [0.2, 0.25) is 0 Å². The number of aliphatic carboxylic acids is 3. The zero-order chi connectivity index (χ0) is 10.6. The Balaban J connectivity index is -0.000000720. The first kappa shape index (κ1) is 20.3. The smallest absolute Gasteiger partial charge is 0.0149 e. The van der Waals surface area contributed by atoms with Crippen molar-refractivity contribution in [2.45, 2.75) is 18.4 Å². The Kier molecular flexibility index (Phi) is 10.9. The molecule has 0 aromatic carbocycles. The summed E-state index contributed by atoms with van der Waals surface area (Å²) in [5.41, 5.74) is -2.74. The average Bonchev–Trinajstić information content (AvgIpc) is 1.82. The fraction of sp³-hybridized carbons (Fsp3) is 0.500. The fourth-order valence-corrected chi connectivity index (χ4v) is 0.714. The molecule has 7 nitrogen and oxygen atoms in total. The van der Waals surface area contributed by atoms with Gasteiger partial charge in [-0.3, -0.25) is 9.59 Å². The molecule has 0 saturated heterocycles. The molecule has 0 spiro atoms. The van der Waals surface area contributed by atoms with Gasteiger partial charge in [-0.25, -0.2) is 4.79 Å². The molecule has 0 aliphatic rings. The van der Waals surface area contributed by atoms with Crippen molar-refractivity contribution in [3.8, 4) is 0 Å². The quantitative estimate of drug-likeness (QED) is 0.378. The van der Waals surface area contributed by atoms with E-state index in [4.69, 9.17) is 20.4 Å². The molecule has 86 valence electrons. The molecule has 0 aromatic rings. The number of carboxylic acids is 3. The van der Waals surface area contributed by atoms with E-state index < -0.39 is 36.4 Å². The van der Waals surface area contributed by atoms with Crippen molar-refractivity contribution in [1.82, 2.24) is 0 Å². The van der Waals surface area contributed by atoms with E-state index in [2.05, 4.69) is 0 Å². The monoisotopic (exact) mass is 266 g/mol. The van der Waals surface area contributed by atoms with Crippen molar-refractivity contribution in [2.75, 3.05) is 0 Å². The predicted molar refractivity (Wildman–Crippen MR) is 57.0 cm³/mol. The second-order valence-corrected chi connectivity index (χ2v) is 2.48. The number of rotatable bonds is 5. The maximum atomic E-state index is 10.3. The van der Waals surface area contributed by atoms with Gasteiger partial charge in [0.2, 0.25) is 0 Å². The van der Waals surface area contributed by atoms with Gasteiger partial charge in [0.25, 0.3) is 0 Å². The van der Waals surface area contributed by atoms with Crippen LogP contribution in [0.4, 0.5) is 0 Å². The van der Waals surface area contributed by atoms with Gasteiger partial charge in [0.1, 0.15) is 0 Å². The van der Waals surface area contributed by atoms with E-state index in [-0.39, 0.29) is 48.7 Å². The molecular weight excluding hydrogens is 252 g/mol. The van der Waals surface area contributed by atoms with Crippen LogP contribution < -0.4 is 0 Å². The van der Waals surface area contributed by atoms with E-state index in [1.165, 1.54) is 0 Å². The first-order valence-electron chi connectivity index (χ1n) is 3.17. The van der Waals surface area contributed by atoms with Crippen LogP contribution in [-0.4, -0.2) is 92.6 Å². The summed E-state index contributed by atoms with van der Waals surface area (Å²) in [6.07, 6.45) is -2.29. The molecule has 0 rings (SSSR count). The van der Waals surface area contributed by atoms with Crippen LogP contribution in [0.1, 0.15) is 12.8 Å². The molecule has 15 heavy (non-hydrogen) atoms. The van der Waals surface area contributed by atoms with Crippen molar-refractivity contribution in [3.63, 3.8) is 0 Å². The Hall–Kier alpha value is -0.153. The Morgan fingerprint density at radius 1 is 0.933 bits per heavy atom. The van der Waals surface area contributed by atoms with E-state index in [1.807, 2.05) is 0 Å². The van der Waals surface area contributed by atoms with E-state index in [0.717, 1.165) is 0 Å². The first-order valence-corrected chi connectivity index (χ1v) is 3.17. The van der Waals surface area contributed by atoms with Crippen LogP contribution >= 0.6 is 0 Å². The Bertz CT molecular complexity index is 238. The third-order valence-electron chi connectivity index (χ3n) is 1.29. The molecule has 0 heterocycles. The van der Waals surface area contributed by atoms with Crippen LogP contribution in [-0.2, 0) is 14.4 Å². The van der Waals surface area contributed by atoms with E-state index in [9.17, 15) is 14.4 Å². The minimum Gasteiger partial charge on any atom is -0.0149 e. The molecule has 0 fully saturated rings. The summed E-state index contributed by atoms with van der Waals surface area (Å²) >= 11 is 0. The van der Waals surface area contributed by atoms with Crippen molar-refractivity contribution in [1.29, 1.82) is 0 Å². The van der Waals surface area contributed by atoms with Gasteiger partial charge < -0.3 is 20.4 Å². The summed E-state index contributed by atoms with van der Waals surface area (Å²) in [5, 5.41) is 33.8. The van der Waals surface area contributed by atoms with Crippen molar-refractivity contribution in [3.05, 3.63) is 0 Å². The molecule has 0 bridgehead atoms. The zero-order valence-corrected chi connectivity index (χ0v) is 6.43. The molecule has 0 amide bonds. The van der Waals surface area contributed by atoms with Gasteiger partial charge in [-0.1, -0.05) is 0 Å². The molecule has 0 aliphatic heterocycles. The van der Waals surface area contributed by atoms with Crippen molar-refractivity contribution in [2.24, 2.45) is 0 Å². The van der Waals surface area contributed by atoms with Gasteiger partial charge in [0, 0.05) is 0 Å². The van der Waals surface area contributed by atoms with Gasteiger partial charge in [-0.2, -0.15) is 0 Å². The summed E-state index contributed by atoms with van der Waals surface area (Å²) in [7, 11) is 0. The molecular formula is C6H14CaO7Si. The Morgan fingerprint density at radius 3 is 1.33 bits per heavy atom. The molecule has 0 aromatic heterocycles. The van der Waals surface area contributed by atoms with Gasteiger partial charge in [-0.05, 0) is 11.0 Å². The number of hydrogen-bond donors (Lipinski definition) is 4. The number of hydrogen-bond acceptors (Lipinski definition) is 4. The average molecular weight is 266 g/mol. The second kappa shape index (κ2) is 8.05. The van der Waals surface area contributed by atoms with Crippen LogP contribution in [0.3, 0.4) is 0 Å². The Labute approximate surface area is 119 Å². The van der Waals surface area contributed by atoms with Gasteiger partial charge in [-0.15, -0.1) is 0 Å². The number of aliphatic hydroxyl groups is 1. The second-order valence-electron chi connectivity index (χ2n) is 2.48. The SMILES string of the molecule is O=C(O)CC(O)(CC(=O)O)C(=O)O.[CaH2].[SiH4]. The zero-order valence-electron chi connectivity index (χ0n) is 6.43. The minimum atomic E-state index is -2.74. The third kappa shape index (κ3) is 7.74. The third-order valence-corrected chi connectivity index (χ3v) is 1.29. The van der Waals surface area contributed by atoms with Crippen LogP contribution in [0, 0.1) is 0 Å². The van der Waals surface area contributed by atoms with E-state index >= 15 is 0 Å². The van der Waals surface area contributed by atoms with Crippen LogP contribution in [0.25, 0.3) is 0 Å². The summed E-state index contributed by atoms with van der Waals surface area (Å²) in [5.74, 6) is -5.02. The number of carboxylic acid groups (broad SMARTS) is 3. The van der Waals surface area contributed by atoms with E-state index in [0.29, 0.717) is 0 Å². The topological polar surface area (TPSA) is 132 Å². The van der Waals surface area contributed by atoms with Crippen molar-refractivity contribution >= 4 is 66.6 Å². The minimum absolute atomic E-state index is 0. The summed E-state index contributed by atoms with van der Waals surface area (Å²) < 4.78 is 0. The van der Waals surface area contributed by atoms with Gasteiger partial charge in [0.05, 0.1) is 12.8 Å². The van der Waals surface area contributed by atoms with Crippen LogP contribution in [0.5, 0.6) is 0 Å². The molecule has 0 aliphatic carbocycles. The molecule has 0 unspecified atom stereocenters. The Morgan fingerprint density at radius 2 is 1.20 bits per heavy atom. The molecule has 0 atom stereocenters. The summed E-state index contributed by atoms with van der Waals surface area (Å²) in [6, 6.07) is 0. The first-order chi connectivity index (χ1) is 5.78. The van der Waals surface area contributed by atoms with Crippen LogP contribution in [0.15, 0.2) is 0 Å². The summed E-state index contributed by atoms with van der Waals surface area (Å²) in [6.45, 7) is 0. The molecule has 0 radical (unpaired) electrons. The van der Waals surface area contributed by atoms with Gasteiger partial charge in [0.15, 0.2) is 5.60 Å². The molecule has 4 N–H and O–H groups in total. The number of carbonyl (C=O) groups is 3. The molecule has 0 saturated carbocycles. The van der Waals surface area contributed by atoms with Crippen molar-refractivity contribution < 1.29 is 34.8 Å². The largest absolute Gasteiger partial charge is 0.0149 e. The molecule has 9 heteroatoms. The van der Waals surface area contributed by atoms with E-state index in [1.54, 1.807) is 0 Å². The predicted octanol–water partition coefficient (Wildman–Crippen LogP) is -3.62. The maximum Gasteiger partial charge on any atom is -0.0149 e. The summed E-state index contributed by atoms with van der Waals surface area (Å²) in [4.78, 5) is 30.5. The van der Waals surface area contributed by atoms with Gasteiger partial charge >= 0.3 is 55.6 Å².